The second kappa shape index (κ2) is 5.41. The number of benzene rings is 1. The summed E-state index contributed by atoms with van der Waals surface area (Å²) in [7, 11) is 3.33. The van der Waals surface area contributed by atoms with Gasteiger partial charge in [0, 0.05) is 7.05 Å². The normalized spacial score (nSPS) is 10.2. The highest BCUT2D eigenvalue weighted by Crippen LogP contribution is 2.36. The van der Waals surface area contributed by atoms with E-state index < -0.39 is 0 Å². The van der Waals surface area contributed by atoms with Gasteiger partial charge in [-0.15, -0.1) is 11.6 Å². The van der Waals surface area contributed by atoms with Gasteiger partial charge < -0.3 is 9.64 Å². The molecule has 0 aromatic heterocycles. The van der Waals surface area contributed by atoms with E-state index in [1.165, 1.54) is 0 Å². The molecule has 0 aliphatic carbocycles. The maximum absolute atomic E-state index is 11.7. The van der Waals surface area contributed by atoms with Gasteiger partial charge in [0.2, 0.25) is 5.91 Å². The van der Waals surface area contributed by atoms with Crippen LogP contribution in [0.4, 0.5) is 5.69 Å². The minimum atomic E-state index is -0.142. The Balaban J connectivity index is 3.41. The predicted molar refractivity (Wildman–Crippen MR) is 71.3 cm³/mol. The largest absolute Gasteiger partial charge is 0.494 e. The third kappa shape index (κ3) is 2.55. The van der Waals surface area contributed by atoms with Gasteiger partial charge in [-0.3, -0.25) is 4.79 Å². The van der Waals surface area contributed by atoms with Crippen molar-refractivity contribution in [2.75, 3.05) is 24.9 Å². The number of amides is 1. The number of carbonyl (C=O) groups excluding carboxylic acids is 1. The van der Waals surface area contributed by atoms with Gasteiger partial charge in [-0.1, -0.05) is 6.07 Å². The summed E-state index contributed by atoms with van der Waals surface area (Å²) in [4.78, 5) is 13.2. The van der Waals surface area contributed by atoms with Crippen molar-refractivity contribution in [1.29, 1.82) is 0 Å². The van der Waals surface area contributed by atoms with Crippen molar-refractivity contribution in [2.24, 2.45) is 0 Å². The van der Waals surface area contributed by atoms with Crippen molar-refractivity contribution < 1.29 is 9.53 Å². The number of carbonyl (C=O) groups is 1. The fourth-order valence-corrected chi connectivity index (χ4v) is 2.10. The second-order valence-corrected chi connectivity index (χ2v) is 4.37. The quantitative estimate of drug-likeness (QED) is 0.778. The van der Waals surface area contributed by atoms with Gasteiger partial charge in [0.05, 0.1) is 12.8 Å². The number of halogens is 1. The molecule has 0 atom stereocenters. The first-order chi connectivity index (χ1) is 7.93. The monoisotopic (exact) mass is 255 g/mol. The first-order valence-corrected chi connectivity index (χ1v) is 5.94. The van der Waals surface area contributed by atoms with E-state index >= 15 is 0 Å². The predicted octanol–water partition coefficient (Wildman–Crippen LogP) is 2.82. The summed E-state index contributed by atoms with van der Waals surface area (Å²) in [5.41, 5.74) is 3.99. The number of anilines is 1. The van der Waals surface area contributed by atoms with Gasteiger partial charge in [0.15, 0.2) is 0 Å². The van der Waals surface area contributed by atoms with Gasteiger partial charge >= 0.3 is 0 Å². The van der Waals surface area contributed by atoms with Crippen LogP contribution >= 0.6 is 11.6 Å². The van der Waals surface area contributed by atoms with Crippen LogP contribution in [0.5, 0.6) is 5.75 Å². The molecule has 0 saturated carbocycles. The lowest BCUT2D eigenvalue weighted by Gasteiger charge is -2.23. The molecule has 0 saturated heterocycles. The Morgan fingerprint density at radius 1 is 1.35 bits per heavy atom. The molecule has 0 heterocycles. The molecule has 1 amide bonds. The van der Waals surface area contributed by atoms with E-state index in [-0.39, 0.29) is 11.8 Å². The molecule has 0 bridgehead atoms. The highest BCUT2D eigenvalue weighted by Gasteiger charge is 2.19. The molecule has 0 fully saturated rings. The number of hydrogen-bond donors (Lipinski definition) is 0. The van der Waals surface area contributed by atoms with Crippen LogP contribution < -0.4 is 9.64 Å². The Morgan fingerprint density at radius 2 is 1.94 bits per heavy atom. The molecule has 0 radical (unpaired) electrons. The maximum atomic E-state index is 11.7. The number of nitrogens with zero attached hydrogens (tertiary/aromatic N) is 1. The third-order valence-corrected chi connectivity index (χ3v) is 3.21. The summed E-state index contributed by atoms with van der Waals surface area (Å²) >= 11 is 5.58. The van der Waals surface area contributed by atoms with E-state index in [9.17, 15) is 4.79 Å². The lowest BCUT2D eigenvalue weighted by Crippen LogP contribution is -2.28. The molecule has 0 aliphatic rings. The zero-order valence-electron chi connectivity index (χ0n) is 10.9. The lowest BCUT2D eigenvalue weighted by molar-refractivity contribution is -0.116. The first kappa shape index (κ1) is 13.8. The molecular formula is C13H18ClNO2. The first-order valence-electron chi connectivity index (χ1n) is 5.41. The minimum Gasteiger partial charge on any atom is -0.494 e. The van der Waals surface area contributed by atoms with Crippen LogP contribution in [0, 0.1) is 20.8 Å². The molecule has 0 unspecified atom stereocenters. The standard InChI is InChI=1S/C13H18ClNO2/c1-8-6-9(2)12(13(17-5)10(8)3)15(4)11(16)7-14/h6H,7H2,1-5H3. The molecule has 94 valence electrons. The molecule has 1 aromatic rings. The van der Waals surface area contributed by atoms with Crippen LogP contribution in [0.3, 0.4) is 0 Å². The molecule has 17 heavy (non-hydrogen) atoms. The van der Waals surface area contributed by atoms with E-state index in [4.69, 9.17) is 16.3 Å². The van der Waals surface area contributed by atoms with Crippen LogP contribution in [0.25, 0.3) is 0 Å². The van der Waals surface area contributed by atoms with E-state index in [1.54, 1.807) is 19.1 Å². The average Bonchev–Trinajstić information content (AvgIpc) is 2.31. The van der Waals surface area contributed by atoms with Crippen LogP contribution in [-0.2, 0) is 4.79 Å². The van der Waals surface area contributed by atoms with Crippen molar-refractivity contribution in [1.82, 2.24) is 0 Å². The SMILES string of the molecule is COc1c(C)c(C)cc(C)c1N(C)C(=O)CCl. The molecule has 0 spiro atoms. The van der Waals surface area contributed by atoms with Crippen LogP contribution in [-0.4, -0.2) is 25.9 Å². The minimum absolute atomic E-state index is 0.0357. The molecule has 4 heteroatoms. The number of methoxy groups -OCH3 is 1. The van der Waals surface area contributed by atoms with E-state index in [1.807, 2.05) is 26.8 Å². The number of alkyl halides is 1. The van der Waals surface area contributed by atoms with Crippen molar-refractivity contribution >= 4 is 23.2 Å². The second-order valence-electron chi connectivity index (χ2n) is 4.10. The Bertz CT molecular complexity index is 444. The third-order valence-electron chi connectivity index (χ3n) is 2.98. The summed E-state index contributed by atoms with van der Waals surface area (Å²) in [6.45, 7) is 5.97. The fraction of sp³-hybridized carbons (Fsp3) is 0.462. The van der Waals surface area contributed by atoms with Gasteiger partial charge in [-0.2, -0.15) is 0 Å². The summed E-state index contributed by atoms with van der Waals surface area (Å²) < 4.78 is 5.42. The average molecular weight is 256 g/mol. The summed E-state index contributed by atoms with van der Waals surface area (Å²) in [6.07, 6.45) is 0. The van der Waals surface area contributed by atoms with Gasteiger partial charge in [-0.25, -0.2) is 0 Å². The zero-order valence-corrected chi connectivity index (χ0v) is 11.7. The van der Waals surface area contributed by atoms with Gasteiger partial charge in [0.1, 0.15) is 11.6 Å². The number of rotatable bonds is 3. The van der Waals surface area contributed by atoms with E-state index in [0.29, 0.717) is 0 Å². The summed E-state index contributed by atoms with van der Waals surface area (Å²) in [5, 5.41) is 0. The smallest absolute Gasteiger partial charge is 0.241 e. The Morgan fingerprint density at radius 3 is 2.41 bits per heavy atom. The van der Waals surface area contributed by atoms with Crippen molar-refractivity contribution in [2.45, 2.75) is 20.8 Å². The highest BCUT2D eigenvalue weighted by atomic mass is 35.5. The Labute approximate surface area is 107 Å². The van der Waals surface area contributed by atoms with Crippen LogP contribution in [0.15, 0.2) is 6.07 Å². The zero-order chi connectivity index (χ0) is 13.2. The lowest BCUT2D eigenvalue weighted by atomic mass is 10.0. The van der Waals surface area contributed by atoms with E-state index in [0.717, 1.165) is 28.1 Å². The van der Waals surface area contributed by atoms with Crippen molar-refractivity contribution in [3.63, 3.8) is 0 Å². The molecule has 0 aliphatic heterocycles. The summed E-state index contributed by atoms with van der Waals surface area (Å²) in [6, 6.07) is 2.05. The highest BCUT2D eigenvalue weighted by molar-refractivity contribution is 6.29. The molecule has 1 aromatic carbocycles. The van der Waals surface area contributed by atoms with Crippen molar-refractivity contribution in [3.05, 3.63) is 22.8 Å². The summed E-state index contributed by atoms with van der Waals surface area (Å²) in [5.74, 6) is 0.561. The fourth-order valence-electron chi connectivity index (χ4n) is 1.92. The molecule has 0 N–H and O–H groups in total. The van der Waals surface area contributed by atoms with E-state index in [2.05, 4.69) is 0 Å². The number of aryl methyl sites for hydroxylation is 2. The number of ether oxygens (including phenoxy) is 1. The molecule has 3 nitrogen and oxygen atoms in total. The van der Waals surface area contributed by atoms with Crippen molar-refractivity contribution in [3.8, 4) is 5.75 Å². The maximum Gasteiger partial charge on any atom is 0.241 e. The molecule has 1 rings (SSSR count). The van der Waals surface area contributed by atoms with Gasteiger partial charge in [0.25, 0.3) is 0 Å². The van der Waals surface area contributed by atoms with Crippen LogP contribution in [0.2, 0.25) is 0 Å². The molecular weight excluding hydrogens is 238 g/mol. The number of hydrogen-bond acceptors (Lipinski definition) is 2. The topological polar surface area (TPSA) is 29.5 Å². The Kier molecular flexibility index (Phi) is 4.40. The van der Waals surface area contributed by atoms with Gasteiger partial charge in [-0.05, 0) is 37.5 Å². The Hall–Kier alpha value is -1.22. The van der Waals surface area contributed by atoms with Crippen LogP contribution in [0.1, 0.15) is 16.7 Å².